The Morgan fingerprint density at radius 2 is 1.75 bits per heavy atom. The molecular formula is C26H30N2O4. The molecule has 2 aromatic rings. The molecule has 0 bridgehead atoms. The van der Waals surface area contributed by atoms with Gasteiger partial charge >= 0.3 is 12.0 Å². The number of carbonyl (C=O) groups excluding carboxylic acids is 2. The second-order valence-corrected chi connectivity index (χ2v) is 8.44. The Hall–Kier alpha value is -3.28. The maximum Gasteiger partial charge on any atom is 0.338 e. The minimum Gasteiger partial charge on any atom is -0.489 e. The molecule has 2 aromatic carbocycles. The highest BCUT2D eigenvalue weighted by Gasteiger charge is 2.33. The molecule has 32 heavy (non-hydrogen) atoms. The minimum atomic E-state index is -0.595. The number of hydrogen-bond donors (Lipinski definition) is 2. The van der Waals surface area contributed by atoms with Gasteiger partial charge in [-0.1, -0.05) is 55.3 Å². The molecule has 2 aliphatic rings. The highest BCUT2D eigenvalue weighted by Crippen LogP contribution is 2.31. The first-order valence-corrected chi connectivity index (χ1v) is 11.4. The van der Waals surface area contributed by atoms with Gasteiger partial charge in [0.05, 0.1) is 11.6 Å². The molecule has 1 fully saturated rings. The Morgan fingerprint density at radius 3 is 2.50 bits per heavy atom. The fraction of sp³-hybridized carbons (Fsp3) is 0.385. The lowest BCUT2D eigenvalue weighted by atomic mass is 9.95. The summed E-state index contributed by atoms with van der Waals surface area (Å²) >= 11 is 0. The highest BCUT2D eigenvalue weighted by atomic mass is 16.5. The molecule has 1 saturated carbocycles. The number of nitrogens with one attached hydrogen (secondary N) is 2. The summed E-state index contributed by atoms with van der Waals surface area (Å²) in [7, 11) is 0. The van der Waals surface area contributed by atoms with Gasteiger partial charge in [0.25, 0.3) is 0 Å². The summed E-state index contributed by atoms with van der Waals surface area (Å²) in [6.45, 7) is 2.18. The maximum absolute atomic E-state index is 13.2. The fourth-order valence-corrected chi connectivity index (χ4v) is 4.31. The van der Waals surface area contributed by atoms with Gasteiger partial charge in [0, 0.05) is 5.70 Å². The van der Waals surface area contributed by atoms with Crippen LogP contribution in [0.1, 0.15) is 62.6 Å². The van der Waals surface area contributed by atoms with Gasteiger partial charge in [-0.25, -0.2) is 9.59 Å². The molecule has 6 heteroatoms. The molecule has 0 spiro atoms. The summed E-state index contributed by atoms with van der Waals surface area (Å²) in [6.07, 6.45) is 6.25. The molecule has 1 atom stereocenters. The Bertz CT molecular complexity index is 978. The lowest BCUT2D eigenvalue weighted by Gasteiger charge is -2.29. The van der Waals surface area contributed by atoms with Crippen molar-refractivity contribution in [3.8, 4) is 5.75 Å². The standard InChI is InChI=1S/C26H30N2O4/c1-18-23(25(29)32-21-13-7-2-3-8-14-21)24(28-26(30)27-18)20-12-9-15-22(16-20)31-17-19-10-5-4-6-11-19/h4-6,9-12,15-16,21,24H,2-3,7-8,13-14,17H2,1H3,(H2,27,28,30). The van der Waals surface area contributed by atoms with Gasteiger partial charge in [0.1, 0.15) is 18.5 Å². The Balaban J connectivity index is 1.52. The molecule has 2 N–H and O–H groups in total. The molecule has 6 nitrogen and oxygen atoms in total. The fourth-order valence-electron chi connectivity index (χ4n) is 4.31. The van der Waals surface area contributed by atoms with E-state index >= 15 is 0 Å². The van der Waals surface area contributed by atoms with Crippen LogP contribution in [0, 0.1) is 0 Å². The number of amides is 2. The van der Waals surface area contributed by atoms with Gasteiger partial charge in [-0.2, -0.15) is 0 Å². The van der Waals surface area contributed by atoms with Crippen LogP contribution in [0.4, 0.5) is 4.79 Å². The van der Waals surface area contributed by atoms with Crippen molar-refractivity contribution in [2.24, 2.45) is 0 Å². The average Bonchev–Trinajstić information content (AvgIpc) is 3.06. The van der Waals surface area contributed by atoms with Crippen LogP contribution in [0.2, 0.25) is 0 Å². The Kier molecular flexibility index (Phi) is 7.10. The molecule has 1 heterocycles. The van der Waals surface area contributed by atoms with Gasteiger partial charge in [0.15, 0.2) is 0 Å². The molecule has 0 radical (unpaired) electrons. The second-order valence-electron chi connectivity index (χ2n) is 8.44. The first-order chi connectivity index (χ1) is 15.6. The van der Waals surface area contributed by atoms with Crippen molar-refractivity contribution in [3.05, 3.63) is 77.0 Å². The lowest BCUT2D eigenvalue weighted by Crippen LogP contribution is -2.45. The van der Waals surface area contributed by atoms with Gasteiger partial charge < -0.3 is 20.1 Å². The summed E-state index contributed by atoms with van der Waals surface area (Å²) in [5, 5.41) is 5.60. The van der Waals surface area contributed by atoms with Crippen LogP contribution in [0.3, 0.4) is 0 Å². The van der Waals surface area contributed by atoms with Crippen LogP contribution >= 0.6 is 0 Å². The van der Waals surface area contributed by atoms with Gasteiger partial charge in [-0.05, 0) is 55.9 Å². The molecule has 1 unspecified atom stereocenters. The van der Waals surface area contributed by atoms with Crippen LogP contribution in [-0.2, 0) is 16.1 Å². The number of esters is 1. The summed E-state index contributed by atoms with van der Waals surface area (Å²) in [5.41, 5.74) is 2.80. The monoisotopic (exact) mass is 434 g/mol. The molecular weight excluding hydrogens is 404 g/mol. The van der Waals surface area contributed by atoms with E-state index < -0.39 is 6.04 Å². The van der Waals surface area contributed by atoms with Gasteiger partial charge in [0.2, 0.25) is 0 Å². The number of hydrogen-bond acceptors (Lipinski definition) is 4. The van der Waals surface area contributed by atoms with Crippen molar-refractivity contribution in [3.63, 3.8) is 0 Å². The summed E-state index contributed by atoms with van der Waals surface area (Å²) in [4.78, 5) is 25.4. The average molecular weight is 435 g/mol. The number of benzene rings is 2. The van der Waals surface area contributed by atoms with Crippen LogP contribution in [0.25, 0.3) is 0 Å². The number of rotatable bonds is 6. The Labute approximate surface area is 189 Å². The molecule has 1 aliphatic heterocycles. The van der Waals surface area contributed by atoms with Crippen molar-refractivity contribution >= 4 is 12.0 Å². The van der Waals surface area contributed by atoms with E-state index in [9.17, 15) is 9.59 Å². The zero-order chi connectivity index (χ0) is 22.3. The molecule has 2 amide bonds. The summed E-state index contributed by atoms with van der Waals surface area (Å²) in [5.74, 6) is 0.302. The predicted octanol–water partition coefficient (Wildman–Crippen LogP) is 5.16. The van der Waals surface area contributed by atoms with E-state index in [0.717, 1.165) is 36.8 Å². The molecule has 1 aliphatic carbocycles. The smallest absolute Gasteiger partial charge is 0.338 e. The normalized spacial score (nSPS) is 19.5. The van der Waals surface area contributed by atoms with Crippen LogP contribution in [0.5, 0.6) is 5.75 Å². The third-order valence-corrected chi connectivity index (χ3v) is 6.00. The predicted molar refractivity (Wildman–Crippen MR) is 122 cm³/mol. The quantitative estimate of drug-likeness (QED) is 0.486. The number of allylic oxidation sites excluding steroid dienone is 1. The van der Waals surface area contributed by atoms with Gasteiger partial charge in [-0.3, -0.25) is 0 Å². The first kappa shape index (κ1) is 21.9. The van der Waals surface area contributed by atoms with Crippen molar-refractivity contribution < 1.29 is 19.1 Å². The summed E-state index contributed by atoms with van der Waals surface area (Å²) < 4.78 is 11.8. The van der Waals surface area contributed by atoms with Crippen LogP contribution in [0.15, 0.2) is 65.9 Å². The van der Waals surface area contributed by atoms with Crippen LogP contribution in [-0.4, -0.2) is 18.1 Å². The van der Waals surface area contributed by atoms with E-state index in [2.05, 4.69) is 10.6 Å². The van der Waals surface area contributed by atoms with Crippen LogP contribution < -0.4 is 15.4 Å². The van der Waals surface area contributed by atoms with E-state index in [1.165, 1.54) is 12.8 Å². The molecule has 0 aromatic heterocycles. The molecule has 168 valence electrons. The minimum absolute atomic E-state index is 0.0656. The van der Waals surface area contributed by atoms with E-state index in [-0.39, 0.29) is 18.1 Å². The van der Waals surface area contributed by atoms with Crippen molar-refractivity contribution in [2.45, 2.75) is 64.2 Å². The topological polar surface area (TPSA) is 76.7 Å². The Morgan fingerprint density at radius 1 is 1.00 bits per heavy atom. The summed E-state index contributed by atoms with van der Waals surface area (Å²) in [6, 6.07) is 16.5. The van der Waals surface area contributed by atoms with E-state index in [4.69, 9.17) is 9.47 Å². The molecule has 4 rings (SSSR count). The largest absolute Gasteiger partial charge is 0.489 e. The van der Waals surface area contributed by atoms with Crippen molar-refractivity contribution in [1.29, 1.82) is 0 Å². The lowest BCUT2D eigenvalue weighted by molar-refractivity contribution is -0.145. The van der Waals surface area contributed by atoms with E-state index in [0.29, 0.717) is 23.6 Å². The number of urea groups is 1. The van der Waals surface area contributed by atoms with E-state index in [1.807, 2.05) is 54.6 Å². The third-order valence-electron chi connectivity index (χ3n) is 6.00. The zero-order valence-corrected chi connectivity index (χ0v) is 18.4. The van der Waals surface area contributed by atoms with Crippen molar-refractivity contribution in [2.75, 3.05) is 0 Å². The highest BCUT2D eigenvalue weighted by molar-refractivity contribution is 5.95. The SMILES string of the molecule is CC1=C(C(=O)OC2CCCCCC2)C(c2cccc(OCc3ccccc3)c2)NC(=O)N1. The van der Waals surface area contributed by atoms with Crippen molar-refractivity contribution in [1.82, 2.24) is 10.6 Å². The van der Waals surface area contributed by atoms with Gasteiger partial charge in [-0.15, -0.1) is 0 Å². The maximum atomic E-state index is 13.2. The molecule has 0 saturated heterocycles. The first-order valence-electron chi connectivity index (χ1n) is 11.4. The number of carbonyl (C=O) groups is 2. The number of ether oxygens (including phenoxy) is 2. The second kappa shape index (κ2) is 10.4. The zero-order valence-electron chi connectivity index (χ0n) is 18.4. The van der Waals surface area contributed by atoms with E-state index in [1.54, 1.807) is 6.92 Å². The third kappa shape index (κ3) is 5.49.